The molecule has 1 aromatic carbocycles. The second kappa shape index (κ2) is 7.19. The third-order valence-corrected chi connectivity index (χ3v) is 5.49. The number of benzene rings is 1. The minimum absolute atomic E-state index is 0.0219. The molecule has 0 spiro atoms. The fourth-order valence-electron chi connectivity index (χ4n) is 2.79. The van der Waals surface area contributed by atoms with Gasteiger partial charge in [0, 0.05) is 25.3 Å². The van der Waals surface area contributed by atoms with Crippen molar-refractivity contribution in [2.45, 2.75) is 12.8 Å². The summed E-state index contributed by atoms with van der Waals surface area (Å²) in [6.07, 6.45) is 2.07. The number of anilines is 1. The molecular formula is C16H18ClN3O2S. The third kappa shape index (κ3) is 3.76. The van der Waals surface area contributed by atoms with Gasteiger partial charge in [0.15, 0.2) is 0 Å². The van der Waals surface area contributed by atoms with Gasteiger partial charge in [-0.05, 0) is 30.9 Å². The second-order valence-corrected chi connectivity index (χ2v) is 6.85. The van der Waals surface area contributed by atoms with Gasteiger partial charge in [0.1, 0.15) is 9.90 Å². The van der Waals surface area contributed by atoms with Crippen molar-refractivity contribution < 1.29 is 4.79 Å². The van der Waals surface area contributed by atoms with E-state index in [1.807, 2.05) is 18.2 Å². The number of carbonyl (C=O) groups excluding carboxylic acids is 1. The van der Waals surface area contributed by atoms with E-state index >= 15 is 0 Å². The molecule has 2 N–H and O–H groups in total. The highest BCUT2D eigenvalue weighted by Crippen LogP contribution is 2.23. The number of H-pyrrole nitrogens is 1. The Balaban J connectivity index is 1.49. The van der Waals surface area contributed by atoms with Crippen molar-refractivity contribution in [1.82, 2.24) is 9.69 Å². The summed E-state index contributed by atoms with van der Waals surface area (Å²) in [4.78, 5) is 25.9. The molecule has 2 aromatic rings. The average Bonchev–Trinajstić information content (AvgIpc) is 2.93. The molecule has 1 amide bonds. The van der Waals surface area contributed by atoms with Crippen molar-refractivity contribution in [3.05, 3.63) is 50.6 Å². The Labute approximate surface area is 143 Å². The van der Waals surface area contributed by atoms with Crippen molar-refractivity contribution >= 4 is 34.7 Å². The minimum atomic E-state index is -0.405. The van der Waals surface area contributed by atoms with Crippen LogP contribution in [0.5, 0.6) is 0 Å². The van der Waals surface area contributed by atoms with E-state index in [4.69, 9.17) is 11.6 Å². The number of amides is 1. The van der Waals surface area contributed by atoms with Crippen molar-refractivity contribution in [3.8, 4) is 0 Å². The van der Waals surface area contributed by atoms with Gasteiger partial charge < -0.3 is 10.2 Å². The zero-order valence-electron chi connectivity index (χ0n) is 12.5. The van der Waals surface area contributed by atoms with E-state index in [2.05, 4.69) is 26.7 Å². The molecule has 0 aliphatic carbocycles. The molecule has 23 heavy (non-hydrogen) atoms. The highest BCUT2D eigenvalue weighted by atomic mass is 35.5. The Kier molecular flexibility index (Phi) is 5.03. The number of para-hydroxylation sites is 1. The lowest BCUT2D eigenvalue weighted by atomic mass is 9.96. The van der Waals surface area contributed by atoms with Crippen molar-refractivity contribution in [1.29, 1.82) is 0 Å². The summed E-state index contributed by atoms with van der Waals surface area (Å²) in [5.74, 6) is 0.178. The van der Waals surface area contributed by atoms with Gasteiger partial charge in [-0.1, -0.05) is 41.3 Å². The summed E-state index contributed by atoms with van der Waals surface area (Å²) in [5.41, 5.74) is 0.844. The van der Waals surface area contributed by atoms with E-state index < -0.39 is 5.56 Å². The minimum Gasteiger partial charge on any atom is -0.372 e. The Hall–Kier alpha value is -1.79. The number of nitrogens with zero attached hydrogens (tertiary/aromatic N) is 1. The molecule has 1 aliphatic heterocycles. The van der Waals surface area contributed by atoms with Crippen LogP contribution in [0.2, 0.25) is 5.02 Å². The summed E-state index contributed by atoms with van der Waals surface area (Å²) in [5, 5.41) is 2.87. The number of aromatic nitrogens is 1. The first-order valence-corrected chi connectivity index (χ1v) is 8.79. The molecule has 122 valence electrons. The van der Waals surface area contributed by atoms with E-state index in [0.717, 1.165) is 37.5 Å². The number of nitrogens with one attached hydrogen (secondary N) is 2. The normalized spacial score (nSPS) is 15.6. The molecule has 1 fully saturated rings. The maximum absolute atomic E-state index is 12.1. The summed E-state index contributed by atoms with van der Waals surface area (Å²) in [7, 11) is 0. The van der Waals surface area contributed by atoms with Crippen molar-refractivity contribution in [3.63, 3.8) is 0 Å². The molecule has 0 unspecified atom stereocenters. The van der Waals surface area contributed by atoms with Crippen LogP contribution in [-0.4, -0.2) is 29.9 Å². The molecule has 1 aliphatic rings. The predicted octanol–water partition coefficient (Wildman–Crippen LogP) is 2.74. The van der Waals surface area contributed by atoms with Crippen LogP contribution < -0.4 is 15.8 Å². The SMILES string of the molecule is O=C(NCC1CCN(c2ccccc2)CC1)c1s[nH]c(=O)c1Cl. The van der Waals surface area contributed by atoms with Crippen LogP contribution in [0.3, 0.4) is 0 Å². The molecule has 0 radical (unpaired) electrons. The topological polar surface area (TPSA) is 65.2 Å². The largest absolute Gasteiger partial charge is 0.372 e. The highest BCUT2D eigenvalue weighted by molar-refractivity contribution is 7.08. The fourth-order valence-corrected chi connectivity index (χ4v) is 3.74. The van der Waals surface area contributed by atoms with Crippen LogP contribution >= 0.6 is 23.1 Å². The third-order valence-electron chi connectivity index (χ3n) is 4.14. The number of halogens is 1. The van der Waals surface area contributed by atoms with E-state index in [0.29, 0.717) is 12.5 Å². The van der Waals surface area contributed by atoms with Gasteiger partial charge in [-0.25, -0.2) is 0 Å². The van der Waals surface area contributed by atoms with Crippen LogP contribution in [0.25, 0.3) is 0 Å². The summed E-state index contributed by atoms with van der Waals surface area (Å²) < 4.78 is 2.47. The summed E-state index contributed by atoms with van der Waals surface area (Å²) in [6.45, 7) is 2.59. The number of carbonyl (C=O) groups is 1. The summed E-state index contributed by atoms with van der Waals surface area (Å²) >= 11 is 6.79. The summed E-state index contributed by atoms with van der Waals surface area (Å²) in [6, 6.07) is 10.4. The lowest BCUT2D eigenvalue weighted by molar-refractivity contribution is 0.0949. The number of rotatable bonds is 4. The van der Waals surface area contributed by atoms with Crippen molar-refractivity contribution in [2.24, 2.45) is 5.92 Å². The van der Waals surface area contributed by atoms with Gasteiger partial charge in [0.2, 0.25) is 0 Å². The smallest absolute Gasteiger partial charge is 0.277 e. The van der Waals surface area contributed by atoms with Gasteiger partial charge in [-0.15, -0.1) is 0 Å². The molecule has 0 saturated carbocycles. The Morgan fingerprint density at radius 3 is 2.61 bits per heavy atom. The van der Waals surface area contributed by atoms with Gasteiger partial charge in [0.25, 0.3) is 11.5 Å². The van der Waals surface area contributed by atoms with E-state index in [9.17, 15) is 9.59 Å². The number of piperidine rings is 1. The second-order valence-electron chi connectivity index (χ2n) is 5.65. The fraction of sp³-hybridized carbons (Fsp3) is 0.375. The molecule has 0 atom stereocenters. The zero-order chi connectivity index (χ0) is 16.2. The zero-order valence-corrected chi connectivity index (χ0v) is 14.1. The first-order chi connectivity index (χ1) is 11.1. The number of hydrogen-bond acceptors (Lipinski definition) is 4. The molecule has 5 nitrogen and oxygen atoms in total. The first kappa shape index (κ1) is 16.1. The van der Waals surface area contributed by atoms with Crippen LogP contribution in [0.1, 0.15) is 22.5 Å². The molecule has 0 bridgehead atoms. The lowest BCUT2D eigenvalue weighted by Gasteiger charge is -2.33. The highest BCUT2D eigenvalue weighted by Gasteiger charge is 2.21. The van der Waals surface area contributed by atoms with Crippen LogP contribution in [0.4, 0.5) is 5.69 Å². The van der Waals surface area contributed by atoms with Gasteiger partial charge in [-0.2, -0.15) is 0 Å². The van der Waals surface area contributed by atoms with E-state index in [1.165, 1.54) is 5.69 Å². The molecule has 3 rings (SSSR count). The average molecular weight is 352 g/mol. The van der Waals surface area contributed by atoms with Crippen LogP contribution in [-0.2, 0) is 0 Å². The van der Waals surface area contributed by atoms with Crippen LogP contribution in [0, 0.1) is 5.92 Å². The van der Waals surface area contributed by atoms with Gasteiger partial charge in [0.05, 0.1) is 0 Å². The molecule has 2 heterocycles. The molecule has 1 aromatic heterocycles. The standard InChI is InChI=1S/C16H18ClN3O2S/c17-13-14(23-19-15(13)21)16(22)18-10-11-6-8-20(9-7-11)12-4-2-1-3-5-12/h1-5,11H,6-10H2,(H,18,22)(H,19,21). The van der Waals surface area contributed by atoms with Gasteiger partial charge in [-0.3, -0.25) is 14.0 Å². The maximum Gasteiger partial charge on any atom is 0.277 e. The van der Waals surface area contributed by atoms with E-state index in [-0.39, 0.29) is 15.8 Å². The Bertz CT molecular complexity index is 720. The Morgan fingerprint density at radius 2 is 2.00 bits per heavy atom. The molecule has 1 saturated heterocycles. The predicted molar refractivity (Wildman–Crippen MR) is 93.7 cm³/mol. The molecule has 7 heteroatoms. The number of aromatic amines is 1. The number of hydrogen-bond donors (Lipinski definition) is 2. The quantitative estimate of drug-likeness (QED) is 0.890. The maximum atomic E-state index is 12.1. The van der Waals surface area contributed by atoms with Gasteiger partial charge >= 0.3 is 0 Å². The monoisotopic (exact) mass is 351 g/mol. The Morgan fingerprint density at radius 1 is 1.30 bits per heavy atom. The van der Waals surface area contributed by atoms with Crippen LogP contribution in [0.15, 0.2) is 35.1 Å². The van der Waals surface area contributed by atoms with Crippen molar-refractivity contribution in [2.75, 3.05) is 24.5 Å². The molecular weight excluding hydrogens is 334 g/mol. The lowest BCUT2D eigenvalue weighted by Crippen LogP contribution is -2.38. The van der Waals surface area contributed by atoms with E-state index in [1.54, 1.807) is 0 Å². The first-order valence-electron chi connectivity index (χ1n) is 7.60.